The summed E-state index contributed by atoms with van der Waals surface area (Å²) in [5, 5.41) is 4.05. The summed E-state index contributed by atoms with van der Waals surface area (Å²) in [6.45, 7) is 2.28. The molecule has 1 saturated carbocycles. The average molecular weight is 267 g/mol. The fourth-order valence-corrected chi connectivity index (χ4v) is 4.18. The van der Waals surface area contributed by atoms with Gasteiger partial charge in [0.15, 0.2) is 0 Å². The van der Waals surface area contributed by atoms with Crippen molar-refractivity contribution in [2.45, 2.75) is 48.8 Å². The van der Waals surface area contributed by atoms with Crippen molar-refractivity contribution in [3.05, 3.63) is 30.1 Å². The van der Waals surface area contributed by atoms with Crippen LogP contribution in [-0.2, 0) is 0 Å². The van der Waals surface area contributed by atoms with Crippen molar-refractivity contribution in [2.75, 3.05) is 7.05 Å². The molecule has 0 aromatic heterocycles. The van der Waals surface area contributed by atoms with Crippen molar-refractivity contribution >= 4 is 11.8 Å². The monoisotopic (exact) mass is 267 g/mol. The summed E-state index contributed by atoms with van der Waals surface area (Å²) in [6.07, 6.45) is 5.14. The first-order valence-electron chi connectivity index (χ1n) is 6.82. The third-order valence-corrected chi connectivity index (χ3v) is 5.32. The van der Waals surface area contributed by atoms with Gasteiger partial charge in [-0.1, -0.05) is 13.3 Å². The van der Waals surface area contributed by atoms with Gasteiger partial charge in [0.25, 0.3) is 0 Å². The highest BCUT2D eigenvalue weighted by molar-refractivity contribution is 8.00. The average Bonchev–Trinajstić information content (AvgIpc) is 2.41. The van der Waals surface area contributed by atoms with Crippen LogP contribution >= 0.6 is 11.8 Å². The lowest BCUT2D eigenvalue weighted by Crippen LogP contribution is -2.40. The fraction of sp³-hybridized carbons (Fsp3) is 0.600. The van der Waals surface area contributed by atoms with Crippen molar-refractivity contribution in [1.82, 2.24) is 5.32 Å². The Balaban J connectivity index is 2.02. The quantitative estimate of drug-likeness (QED) is 0.882. The molecule has 3 heteroatoms. The largest absolute Gasteiger partial charge is 0.316 e. The lowest BCUT2D eigenvalue weighted by atomic mass is 9.84. The zero-order chi connectivity index (χ0) is 13.0. The van der Waals surface area contributed by atoms with E-state index in [0.717, 1.165) is 5.92 Å². The topological polar surface area (TPSA) is 12.0 Å². The van der Waals surface area contributed by atoms with Crippen molar-refractivity contribution in [2.24, 2.45) is 5.92 Å². The van der Waals surface area contributed by atoms with Gasteiger partial charge in [-0.3, -0.25) is 0 Å². The summed E-state index contributed by atoms with van der Waals surface area (Å²) in [5.41, 5.74) is 0. The van der Waals surface area contributed by atoms with E-state index in [0.29, 0.717) is 11.3 Å². The Morgan fingerprint density at radius 1 is 1.28 bits per heavy atom. The molecule has 100 valence electrons. The lowest BCUT2D eigenvalue weighted by Gasteiger charge is -2.35. The van der Waals surface area contributed by atoms with Crippen molar-refractivity contribution in [3.63, 3.8) is 0 Å². The molecule has 0 amide bonds. The number of halogens is 1. The van der Waals surface area contributed by atoms with Gasteiger partial charge in [0.05, 0.1) is 0 Å². The summed E-state index contributed by atoms with van der Waals surface area (Å²) in [4.78, 5) is 1.18. The molecule has 0 radical (unpaired) electrons. The number of hydrogen-bond acceptors (Lipinski definition) is 2. The van der Waals surface area contributed by atoms with E-state index in [4.69, 9.17) is 0 Å². The molecule has 1 aliphatic carbocycles. The second-order valence-corrected chi connectivity index (χ2v) is 6.41. The van der Waals surface area contributed by atoms with E-state index in [2.05, 4.69) is 19.3 Å². The maximum absolute atomic E-state index is 12.9. The molecule has 1 nitrogen and oxygen atoms in total. The van der Waals surface area contributed by atoms with Crippen LogP contribution in [0, 0.1) is 11.7 Å². The van der Waals surface area contributed by atoms with Crippen LogP contribution in [0.5, 0.6) is 0 Å². The highest BCUT2D eigenvalue weighted by Gasteiger charge is 2.29. The van der Waals surface area contributed by atoms with Crippen LogP contribution in [0.2, 0.25) is 0 Å². The number of nitrogens with one attached hydrogen (secondary N) is 1. The first kappa shape index (κ1) is 13.9. The number of benzene rings is 1. The van der Waals surface area contributed by atoms with Gasteiger partial charge in [-0.25, -0.2) is 4.39 Å². The molecular weight excluding hydrogens is 245 g/mol. The predicted molar refractivity (Wildman–Crippen MR) is 76.5 cm³/mol. The Labute approximate surface area is 114 Å². The van der Waals surface area contributed by atoms with Gasteiger partial charge in [-0.05, 0) is 56.5 Å². The number of rotatable bonds is 4. The molecule has 0 spiro atoms. The van der Waals surface area contributed by atoms with Crippen molar-refractivity contribution in [1.29, 1.82) is 0 Å². The molecule has 18 heavy (non-hydrogen) atoms. The minimum absolute atomic E-state index is 0.153. The van der Waals surface area contributed by atoms with E-state index >= 15 is 0 Å². The highest BCUT2D eigenvalue weighted by Crippen LogP contribution is 2.37. The summed E-state index contributed by atoms with van der Waals surface area (Å²) < 4.78 is 12.9. The Morgan fingerprint density at radius 3 is 2.61 bits per heavy atom. The third kappa shape index (κ3) is 3.48. The van der Waals surface area contributed by atoms with Gasteiger partial charge >= 0.3 is 0 Å². The molecule has 0 saturated heterocycles. The molecule has 3 unspecified atom stereocenters. The fourth-order valence-electron chi connectivity index (χ4n) is 2.73. The van der Waals surface area contributed by atoms with Gasteiger partial charge in [-0.15, -0.1) is 11.8 Å². The van der Waals surface area contributed by atoms with E-state index < -0.39 is 0 Å². The zero-order valence-corrected chi connectivity index (χ0v) is 12.0. The van der Waals surface area contributed by atoms with Gasteiger partial charge in [-0.2, -0.15) is 0 Å². The van der Waals surface area contributed by atoms with Gasteiger partial charge < -0.3 is 5.32 Å². The summed E-state index contributed by atoms with van der Waals surface area (Å²) in [6, 6.07) is 7.47. The molecule has 1 aliphatic rings. The molecule has 0 bridgehead atoms. The standard InChI is InChI=1S/C15H22FNS/c1-3-11-4-9-14(17-2)15(10-11)18-13-7-5-12(16)6-8-13/h5-8,11,14-15,17H,3-4,9-10H2,1-2H3. The van der Waals surface area contributed by atoms with Crippen LogP contribution in [0.15, 0.2) is 29.2 Å². The van der Waals surface area contributed by atoms with Crippen molar-refractivity contribution in [3.8, 4) is 0 Å². The molecule has 3 atom stereocenters. The van der Waals surface area contributed by atoms with Crippen LogP contribution in [0.3, 0.4) is 0 Å². The maximum Gasteiger partial charge on any atom is 0.123 e. The molecule has 1 aromatic rings. The van der Waals surface area contributed by atoms with Crippen LogP contribution in [0.1, 0.15) is 32.6 Å². The van der Waals surface area contributed by atoms with E-state index in [-0.39, 0.29) is 5.82 Å². The first-order valence-corrected chi connectivity index (χ1v) is 7.70. The van der Waals surface area contributed by atoms with Gasteiger partial charge in [0, 0.05) is 16.2 Å². The molecule has 0 aliphatic heterocycles. The smallest absolute Gasteiger partial charge is 0.123 e. The Bertz CT molecular complexity index is 365. The minimum Gasteiger partial charge on any atom is -0.316 e. The van der Waals surface area contributed by atoms with E-state index in [1.807, 2.05) is 23.9 Å². The normalized spacial score (nSPS) is 28.3. The molecule has 1 aromatic carbocycles. The zero-order valence-electron chi connectivity index (χ0n) is 11.2. The second-order valence-electron chi connectivity index (χ2n) is 5.09. The minimum atomic E-state index is -0.153. The highest BCUT2D eigenvalue weighted by atomic mass is 32.2. The van der Waals surface area contributed by atoms with Crippen LogP contribution < -0.4 is 5.32 Å². The Morgan fingerprint density at radius 2 is 2.00 bits per heavy atom. The third-order valence-electron chi connectivity index (χ3n) is 3.95. The summed E-state index contributed by atoms with van der Waals surface area (Å²) in [5.74, 6) is 0.701. The van der Waals surface area contributed by atoms with Crippen LogP contribution in [0.4, 0.5) is 4.39 Å². The SMILES string of the molecule is CCC1CCC(NC)C(Sc2ccc(F)cc2)C1. The second kappa shape index (κ2) is 6.58. The predicted octanol–water partition coefficient (Wildman–Crippen LogP) is 4.08. The van der Waals surface area contributed by atoms with E-state index in [9.17, 15) is 4.39 Å². The summed E-state index contributed by atoms with van der Waals surface area (Å²) >= 11 is 1.90. The maximum atomic E-state index is 12.9. The molecular formula is C15H22FNS. The Hall–Kier alpha value is -0.540. The van der Waals surface area contributed by atoms with E-state index in [1.165, 1.54) is 30.6 Å². The molecule has 1 N–H and O–H groups in total. The summed E-state index contributed by atoms with van der Waals surface area (Å²) in [7, 11) is 2.05. The van der Waals surface area contributed by atoms with Crippen LogP contribution in [-0.4, -0.2) is 18.3 Å². The van der Waals surface area contributed by atoms with Gasteiger partial charge in [0.1, 0.15) is 5.82 Å². The lowest BCUT2D eigenvalue weighted by molar-refractivity contribution is 0.304. The van der Waals surface area contributed by atoms with Crippen LogP contribution in [0.25, 0.3) is 0 Å². The molecule has 1 fully saturated rings. The first-order chi connectivity index (χ1) is 8.72. The van der Waals surface area contributed by atoms with Crippen molar-refractivity contribution < 1.29 is 4.39 Å². The number of thioether (sulfide) groups is 1. The molecule has 2 rings (SSSR count). The Kier molecular flexibility index (Phi) is 5.07. The molecule has 0 heterocycles. The number of hydrogen-bond donors (Lipinski definition) is 1. The van der Waals surface area contributed by atoms with Gasteiger partial charge in [0.2, 0.25) is 0 Å². The van der Waals surface area contributed by atoms with E-state index in [1.54, 1.807) is 12.1 Å².